The van der Waals surface area contributed by atoms with E-state index < -0.39 is 0 Å². The van der Waals surface area contributed by atoms with Gasteiger partial charge in [-0.3, -0.25) is 0 Å². The molecule has 2 N–H and O–H groups in total. The molecule has 0 saturated heterocycles. The van der Waals surface area contributed by atoms with Gasteiger partial charge in [-0.15, -0.1) is 0 Å². The average Bonchev–Trinajstić information content (AvgIpc) is 3.29. The quantitative estimate of drug-likeness (QED) is 0.248. The Morgan fingerprint density at radius 2 is 1.67 bits per heavy atom. The first-order chi connectivity index (χ1) is 19.2. The van der Waals surface area contributed by atoms with Crippen LogP contribution in [0.5, 0.6) is 0 Å². The van der Waals surface area contributed by atoms with E-state index in [1.54, 1.807) is 0 Å². The van der Waals surface area contributed by atoms with E-state index in [0.29, 0.717) is 6.54 Å². The molecule has 0 radical (unpaired) electrons. The molecule has 0 unspecified atom stereocenters. The SMILES string of the molecule is C=C1/C=C(c2ccc3c(c2)c2ccccc2n3/C=C\CCC)\C=C/N(c2cccc(CN)c2)c2ccccc21. The van der Waals surface area contributed by atoms with Crippen molar-refractivity contribution in [2.24, 2.45) is 5.73 Å². The number of nitrogens with zero attached hydrogens (tertiary/aromatic N) is 2. The Balaban J connectivity index is 1.50. The zero-order valence-electron chi connectivity index (χ0n) is 22.3. The van der Waals surface area contributed by atoms with Crippen LogP contribution in [0.25, 0.3) is 39.2 Å². The van der Waals surface area contributed by atoms with Crippen molar-refractivity contribution in [1.29, 1.82) is 0 Å². The van der Waals surface area contributed by atoms with Crippen LogP contribution in [-0.4, -0.2) is 4.57 Å². The van der Waals surface area contributed by atoms with Gasteiger partial charge in [-0.05, 0) is 77.2 Å². The van der Waals surface area contributed by atoms with Gasteiger partial charge in [-0.1, -0.05) is 80.6 Å². The van der Waals surface area contributed by atoms with Crippen molar-refractivity contribution in [2.45, 2.75) is 26.3 Å². The molecule has 0 aliphatic carbocycles. The molecule has 0 bridgehead atoms. The van der Waals surface area contributed by atoms with Crippen LogP contribution in [0.15, 0.2) is 122 Å². The zero-order valence-corrected chi connectivity index (χ0v) is 22.3. The third-order valence-corrected chi connectivity index (χ3v) is 7.42. The first kappa shape index (κ1) is 24.7. The van der Waals surface area contributed by atoms with E-state index in [1.165, 1.54) is 21.8 Å². The molecule has 0 saturated carbocycles. The second-order valence-corrected chi connectivity index (χ2v) is 9.99. The van der Waals surface area contributed by atoms with Crippen LogP contribution in [0.3, 0.4) is 0 Å². The summed E-state index contributed by atoms with van der Waals surface area (Å²) in [6, 6.07) is 32.3. The largest absolute Gasteiger partial charge is 0.326 e. The Morgan fingerprint density at radius 3 is 2.54 bits per heavy atom. The molecule has 1 aliphatic heterocycles. The van der Waals surface area contributed by atoms with Gasteiger partial charge in [-0.2, -0.15) is 0 Å². The lowest BCUT2D eigenvalue weighted by molar-refractivity contribution is 0.958. The minimum Gasteiger partial charge on any atom is -0.326 e. The highest BCUT2D eigenvalue weighted by molar-refractivity contribution is 6.10. The van der Waals surface area contributed by atoms with E-state index in [1.807, 2.05) is 0 Å². The van der Waals surface area contributed by atoms with Gasteiger partial charge in [0.25, 0.3) is 0 Å². The molecule has 6 rings (SSSR count). The smallest absolute Gasteiger partial charge is 0.0535 e. The van der Waals surface area contributed by atoms with Gasteiger partial charge in [0.1, 0.15) is 0 Å². The van der Waals surface area contributed by atoms with Gasteiger partial charge < -0.3 is 15.2 Å². The third kappa shape index (κ3) is 4.62. The predicted octanol–water partition coefficient (Wildman–Crippen LogP) is 9.29. The van der Waals surface area contributed by atoms with Crippen molar-refractivity contribution in [3.05, 3.63) is 139 Å². The Labute approximate surface area is 230 Å². The maximum absolute atomic E-state index is 5.97. The van der Waals surface area contributed by atoms with Crippen LogP contribution in [0.2, 0.25) is 0 Å². The molecule has 3 nitrogen and oxygen atoms in total. The van der Waals surface area contributed by atoms with Crippen molar-refractivity contribution in [1.82, 2.24) is 4.57 Å². The van der Waals surface area contributed by atoms with Gasteiger partial charge in [0.15, 0.2) is 0 Å². The van der Waals surface area contributed by atoms with Crippen molar-refractivity contribution in [3.63, 3.8) is 0 Å². The van der Waals surface area contributed by atoms with Crippen molar-refractivity contribution >= 4 is 50.5 Å². The molecule has 1 aromatic heterocycles. The highest BCUT2D eigenvalue weighted by Gasteiger charge is 2.17. The molecule has 1 aliphatic rings. The number of aromatic nitrogens is 1. The van der Waals surface area contributed by atoms with Gasteiger partial charge >= 0.3 is 0 Å². The number of para-hydroxylation sites is 2. The second kappa shape index (κ2) is 10.6. The van der Waals surface area contributed by atoms with Gasteiger partial charge in [0.2, 0.25) is 0 Å². The van der Waals surface area contributed by atoms with Crippen molar-refractivity contribution in [3.8, 4) is 0 Å². The summed E-state index contributed by atoms with van der Waals surface area (Å²) >= 11 is 0. The highest BCUT2D eigenvalue weighted by Crippen LogP contribution is 2.38. The molecule has 2 heterocycles. The predicted molar refractivity (Wildman–Crippen MR) is 169 cm³/mol. The van der Waals surface area contributed by atoms with Gasteiger partial charge in [-0.25, -0.2) is 0 Å². The molecule has 39 heavy (non-hydrogen) atoms. The second-order valence-electron chi connectivity index (χ2n) is 9.99. The summed E-state index contributed by atoms with van der Waals surface area (Å²) in [7, 11) is 0. The Morgan fingerprint density at radius 1 is 0.846 bits per heavy atom. The molecular weight excluding hydrogens is 474 g/mol. The topological polar surface area (TPSA) is 34.2 Å². The summed E-state index contributed by atoms with van der Waals surface area (Å²) in [5.74, 6) is 0. The standard InChI is InChI=1S/C36H33N3/c1-3-4-9-20-39-35-16-8-6-14-32(35)33-24-28(17-18-36(33)39)29-19-21-38(30-12-10-11-27(23-30)25-37)34-15-7-5-13-31(34)26(2)22-29/h5-24H,2-4,25,37H2,1H3/b20-9-,21-19-,29-22+. The Kier molecular flexibility index (Phi) is 6.75. The van der Waals surface area contributed by atoms with Crippen LogP contribution in [0, 0.1) is 0 Å². The van der Waals surface area contributed by atoms with Crippen LogP contribution in [0.4, 0.5) is 11.4 Å². The minimum absolute atomic E-state index is 0.506. The van der Waals surface area contributed by atoms with Crippen LogP contribution >= 0.6 is 0 Å². The minimum atomic E-state index is 0.506. The molecular formula is C36H33N3. The lowest BCUT2D eigenvalue weighted by Gasteiger charge is -2.26. The Hall–Kier alpha value is -4.60. The van der Waals surface area contributed by atoms with Crippen LogP contribution in [0.1, 0.15) is 36.5 Å². The summed E-state index contributed by atoms with van der Waals surface area (Å²) in [6.45, 7) is 7.20. The lowest BCUT2D eigenvalue weighted by atomic mass is 9.95. The lowest BCUT2D eigenvalue weighted by Crippen LogP contribution is -2.12. The van der Waals surface area contributed by atoms with E-state index in [-0.39, 0.29) is 0 Å². The van der Waals surface area contributed by atoms with E-state index in [0.717, 1.165) is 52.1 Å². The van der Waals surface area contributed by atoms with Crippen LogP contribution in [-0.2, 0) is 6.54 Å². The maximum Gasteiger partial charge on any atom is 0.0535 e. The van der Waals surface area contributed by atoms with E-state index in [4.69, 9.17) is 5.73 Å². The van der Waals surface area contributed by atoms with Crippen LogP contribution < -0.4 is 10.6 Å². The number of unbranched alkanes of at least 4 members (excludes halogenated alkanes) is 1. The van der Waals surface area contributed by atoms with Gasteiger partial charge in [0.05, 0.1) is 16.7 Å². The number of benzene rings is 4. The summed E-state index contributed by atoms with van der Waals surface area (Å²) in [4.78, 5) is 2.23. The Bertz CT molecular complexity index is 1780. The molecule has 3 heteroatoms. The molecule has 4 aromatic carbocycles. The fraction of sp³-hybridized carbons (Fsp3) is 0.111. The first-order valence-electron chi connectivity index (χ1n) is 13.6. The fourth-order valence-corrected chi connectivity index (χ4v) is 5.43. The van der Waals surface area contributed by atoms with Gasteiger partial charge in [0, 0.05) is 41.0 Å². The molecule has 0 amide bonds. The van der Waals surface area contributed by atoms with E-state index >= 15 is 0 Å². The number of rotatable bonds is 6. The average molecular weight is 508 g/mol. The number of anilines is 2. The number of fused-ring (bicyclic) bond motifs is 4. The summed E-state index contributed by atoms with van der Waals surface area (Å²) in [5.41, 5.74) is 16.1. The molecule has 5 aromatic rings. The fourth-order valence-electron chi connectivity index (χ4n) is 5.43. The normalized spacial score (nSPS) is 15.8. The number of hydrogen-bond acceptors (Lipinski definition) is 2. The number of nitrogens with two attached hydrogens (primary N) is 1. The molecule has 0 spiro atoms. The zero-order chi connectivity index (χ0) is 26.8. The van der Waals surface area contributed by atoms with E-state index in [9.17, 15) is 0 Å². The third-order valence-electron chi connectivity index (χ3n) is 7.42. The highest BCUT2D eigenvalue weighted by atomic mass is 15.1. The maximum atomic E-state index is 5.97. The summed E-state index contributed by atoms with van der Waals surface area (Å²) in [5, 5.41) is 2.51. The molecule has 0 fully saturated rings. The number of allylic oxidation sites excluding steroid dienone is 5. The van der Waals surface area contributed by atoms with E-state index in [2.05, 4.69) is 145 Å². The molecule has 0 atom stereocenters. The summed E-state index contributed by atoms with van der Waals surface area (Å²) < 4.78 is 2.31. The van der Waals surface area contributed by atoms with Crippen molar-refractivity contribution in [2.75, 3.05) is 4.90 Å². The monoisotopic (exact) mass is 507 g/mol. The molecule has 192 valence electrons. The van der Waals surface area contributed by atoms with Crippen molar-refractivity contribution < 1.29 is 0 Å². The number of hydrogen-bond donors (Lipinski definition) is 1. The first-order valence-corrected chi connectivity index (χ1v) is 13.6. The summed E-state index contributed by atoms with van der Waals surface area (Å²) in [6.07, 6.45) is 13.2.